The molecule has 0 radical (unpaired) electrons. The number of piperidine rings is 1. The molecule has 4 rings (SSSR count). The molecule has 2 atom stereocenters. The van der Waals surface area contributed by atoms with E-state index in [4.69, 9.17) is 0 Å². The van der Waals surface area contributed by atoms with Crippen molar-refractivity contribution >= 4 is 16.9 Å². The lowest BCUT2D eigenvalue weighted by molar-refractivity contribution is -0.121. The Labute approximate surface area is 181 Å². The summed E-state index contributed by atoms with van der Waals surface area (Å²) in [7, 11) is 1.73. The number of carbonyl (C=O) groups is 1. The zero-order valence-electron chi connectivity index (χ0n) is 18.4. The maximum absolute atomic E-state index is 12.5. The molecule has 3 aromatic rings. The van der Waals surface area contributed by atoms with Crippen molar-refractivity contribution < 1.29 is 4.79 Å². The van der Waals surface area contributed by atoms with Crippen molar-refractivity contribution in [1.29, 1.82) is 0 Å². The van der Waals surface area contributed by atoms with Crippen LogP contribution in [0.4, 0.5) is 0 Å². The van der Waals surface area contributed by atoms with Gasteiger partial charge in [-0.25, -0.2) is 4.98 Å². The third-order valence-corrected chi connectivity index (χ3v) is 5.90. The molecule has 0 spiro atoms. The van der Waals surface area contributed by atoms with Gasteiger partial charge in [0.05, 0.1) is 6.20 Å². The smallest absolute Gasteiger partial charge is 0.264 e. The Hall–Kier alpha value is -3.00. The summed E-state index contributed by atoms with van der Waals surface area (Å²) in [5.41, 5.74) is 2.57. The normalized spacial score (nSPS) is 19.6. The molecule has 3 heterocycles. The van der Waals surface area contributed by atoms with E-state index in [1.165, 1.54) is 33.8 Å². The highest BCUT2D eigenvalue weighted by Gasteiger charge is 2.21. The predicted octanol–water partition coefficient (Wildman–Crippen LogP) is 1.92. The molecule has 0 bridgehead atoms. The van der Waals surface area contributed by atoms with Crippen LogP contribution in [0.25, 0.3) is 11.0 Å². The number of fused-ring (bicyclic) bond motifs is 1. The zero-order valence-corrected chi connectivity index (χ0v) is 18.4. The van der Waals surface area contributed by atoms with Crippen LogP contribution in [0.3, 0.4) is 0 Å². The van der Waals surface area contributed by atoms with Crippen LogP contribution in [0.2, 0.25) is 0 Å². The number of carbonyl (C=O) groups excluding carboxylic acids is 1. The van der Waals surface area contributed by atoms with Crippen LogP contribution < -0.4 is 10.9 Å². The molecular formula is C23H30N6O2. The van der Waals surface area contributed by atoms with Gasteiger partial charge in [0.15, 0.2) is 5.65 Å². The lowest BCUT2D eigenvalue weighted by Crippen LogP contribution is -2.38. The van der Waals surface area contributed by atoms with Gasteiger partial charge in [0.25, 0.3) is 5.56 Å². The van der Waals surface area contributed by atoms with Gasteiger partial charge in [-0.15, -0.1) is 0 Å². The van der Waals surface area contributed by atoms with Gasteiger partial charge in [-0.1, -0.05) is 38.1 Å². The summed E-state index contributed by atoms with van der Waals surface area (Å²) in [6, 6.07) is 8.38. The van der Waals surface area contributed by atoms with Crippen molar-refractivity contribution in [3.8, 4) is 0 Å². The second kappa shape index (κ2) is 9.01. The number of nitrogens with zero attached hydrogens (tertiary/aromatic N) is 5. The largest absolute Gasteiger partial charge is 0.350 e. The molecular weight excluding hydrogens is 392 g/mol. The van der Waals surface area contributed by atoms with Gasteiger partial charge in [0.2, 0.25) is 5.91 Å². The average Bonchev–Trinajstić information content (AvgIpc) is 3.10. The Balaban J connectivity index is 1.30. The number of likely N-dealkylation sites (tertiary alicyclic amines) is 1. The minimum absolute atomic E-state index is 0.0694. The maximum Gasteiger partial charge on any atom is 0.264 e. The van der Waals surface area contributed by atoms with Crippen LogP contribution in [0, 0.1) is 11.8 Å². The fraction of sp³-hybridized carbons (Fsp3) is 0.478. The molecule has 164 valence electrons. The Morgan fingerprint density at radius 2 is 1.81 bits per heavy atom. The van der Waals surface area contributed by atoms with Crippen LogP contribution in [0.15, 0.2) is 41.6 Å². The summed E-state index contributed by atoms with van der Waals surface area (Å²) >= 11 is 0. The highest BCUT2D eigenvalue weighted by atomic mass is 16.2. The van der Waals surface area contributed by atoms with E-state index in [2.05, 4.69) is 58.4 Å². The zero-order chi connectivity index (χ0) is 22.0. The Morgan fingerprint density at radius 1 is 1.13 bits per heavy atom. The van der Waals surface area contributed by atoms with Gasteiger partial charge in [-0.3, -0.25) is 23.7 Å². The minimum Gasteiger partial charge on any atom is -0.350 e. The summed E-state index contributed by atoms with van der Waals surface area (Å²) in [6.45, 7) is 8.28. The van der Waals surface area contributed by atoms with Gasteiger partial charge >= 0.3 is 0 Å². The molecule has 0 aliphatic carbocycles. The van der Waals surface area contributed by atoms with Crippen LogP contribution >= 0.6 is 0 Å². The molecule has 8 nitrogen and oxygen atoms in total. The summed E-state index contributed by atoms with van der Waals surface area (Å²) in [5, 5.41) is 7.33. The topological polar surface area (TPSA) is 85.1 Å². The van der Waals surface area contributed by atoms with E-state index >= 15 is 0 Å². The lowest BCUT2D eigenvalue weighted by atomic mass is 9.91. The quantitative estimate of drug-likeness (QED) is 0.656. The second-order valence-corrected chi connectivity index (χ2v) is 8.92. The van der Waals surface area contributed by atoms with E-state index in [9.17, 15) is 9.59 Å². The molecule has 1 N–H and O–H groups in total. The highest BCUT2D eigenvalue weighted by molar-refractivity contribution is 5.77. The second-order valence-electron chi connectivity index (χ2n) is 8.92. The molecule has 1 saturated heterocycles. The minimum atomic E-state index is -0.265. The fourth-order valence-electron chi connectivity index (χ4n) is 4.53. The van der Waals surface area contributed by atoms with Crippen molar-refractivity contribution in [2.45, 2.75) is 39.9 Å². The molecule has 2 aromatic heterocycles. The number of hydrogen-bond donors (Lipinski definition) is 1. The summed E-state index contributed by atoms with van der Waals surface area (Å²) < 4.78 is 2.85. The highest BCUT2D eigenvalue weighted by Crippen LogP contribution is 2.22. The SMILES string of the molecule is C[C@H]1C[C@H](C)CN(Cc2ccc(CNC(=O)Cn3cnc4c(cnn4C)c3=O)cc2)C1. The van der Waals surface area contributed by atoms with E-state index in [1.807, 2.05) is 0 Å². The summed E-state index contributed by atoms with van der Waals surface area (Å²) in [4.78, 5) is 31.6. The molecule has 31 heavy (non-hydrogen) atoms. The standard InChI is InChI=1S/C23H30N6O2/c1-16-8-17(2)12-28(11-16)13-19-6-4-18(5-7-19)9-24-21(30)14-29-15-25-22-20(23(29)31)10-26-27(22)3/h4-7,10,15-17H,8-9,11-14H2,1-3H3,(H,24,30)/t16-,17-/m0/s1. The van der Waals surface area contributed by atoms with Gasteiger partial charge in [0, 0.05) is 33.2 Å². The van der Waals surface area contributed by atoms with Gasteiger partial charge in [-0.2, -0.15) is 5.10 Å². The predicted molar refractivity (Wildman–Crippen MR) is 119 cm³/mol. The van der Waals surface area contributed by atoms with E-state index in [1.54, 1.807) is 7.05 Å². The van der Waals surface area contributed by atoms with Crippen LogP contribution in [-0.4, -0.2) is 43.2 Å². The first-order chi connectivity index (χ1) is 14.9. The van der Waals surface area contributed by atoms with Crippen molar-refractivity contribution in [1.82, 2.24) is 29.5 Å². The molecule has 1 aliphatic rings. The van der Waals surface area contributed by atoms with Crippen molar-refractivity contribution in [2.24, 2.45) is 18.9 Å². The number of rotatable bonds is 6. The number of benzene rings is 1. The van der Waals surface area contributed by atoms with Crippen LogP contribution in [0.5, 0.6) is 0 Å². The van der Waals surface area contributed by atoms with Crippen molar-refractivity contribution in [2.75, 3.05) is 13.1 Å². The van der Waals surface area contributed by atoms with Crippen molar-refractivity contribution in [3.05, 3.63) is 58.3 Å². The number of amides is 1. The van der Waals surface area contributed by atoms with Gasteiger partial charge < -0.3 is 5.32 Å². The lowest BCUT2D eigenvalue weighted by Gasteiger charge is -2.35. The van der Waals surface area contributed by atoms with Crippen molar-refractivity contribution in [3.63, 3.8) is 0 Å². The van der Waals surface area contributed by atoms with Gasteiger partial charge in [0.1, 0.15) is 18.3 Å². The fourth-order valence-corrected chi connectivity index (χ4v) is 4.53. The summed E-state index contributed by atoms with van der Waals surface area (Å²) in [5.74, 6) is 1.27. The molecule has 1 aromatic carbocycles. The number of aryl methyl sites for hydroxylation is 1. The van der Waals surface area contributed by atoms with E-state index in [0.29, 0.717) is 17.6 Å². The Bertz CT molecular complexity index is 1110. The van der Waals surface area contributed by atoms with Crippen LogP contribution in [-0.2, 0) is 31.5 Å². The average molecular weight is 423 g/mol. The molecule has 0 saturated carbocycles. The first kappa shape index (κ1) is 21.2. The third-order valence-electron chi connectivity index (χ3n) is 5.90. The van der Waals surface area contributed by atoms with E-state index < -0.39 is 0 Å². The Kier molecular flexibility index (Phi) is 6.18. The molecule has 0 unspecified atom stereocenters. The molecule has 8 heteroatoms. The van der Waals surface area contributed by atoms with Crippen LogP contribution in [0.1, 0.15) is 31.4 Å². The Morgan fingerprint density at radius 3 is 2.52 bits per heavy atom. The maximum atomic E-state index is 12.5. The number of nitrogens with one attached hydrogen (secondary N) is 1. The number of hydrogen-bond acceptors (Lipinski definition) is 5. The number of aromatic nitrogens is 4. The summed E-state index contributed by atoms with van der Waals surface area (Å²) in [6.07, 6.45) is 4.18. The molecule has 1 amide bonds. The van der Waals surface area contributed by atoms with Gasteiger partial charge in [-0.05, 0) is 29.4 Å². The third kappa shape index (κ3) is 5.02. The van der Waals surface area contributed by atoms with E-state index in [0.717, 1.165) is 37.0 Å². The molecule has 1 fully saturated rings. The molecule has 1 aliphatic heterocycles. The monoisotopic (exact) mass is 422 g/mol. The van der Waals surface area contributed by atoms with E-state index in [-0.39, 0.29) is 18.0 Å². The first-order valence-corrected chi connectivity index (χ1v) is 10.8. The first-order valence-electron chi connectivity index (χ1n) is 10.8.